The van der Waals surface area contributed by atoms with Crippen LogP contribution in [0.1, 0.15) is 45.1 Å². The predicted molar refractivity (Wildman–Crippen MR) is 83.6 cm³/mol. The fraction of sp³-hybridized carbons (Fsp3) is 0.588. The maximum atomic E-state index is 12.2. The third kappa shape index (κ3) is 4.34. The Morgan fingerprint density at radius 2 is 1.80 bits per heavy atom. The normalized spacial score (nSPS) is 22.5. The van der Waals surface area contributed by atoms with Gasteiger partial charge in [0.15, 0.2) is 0 Å². The lowest BCUT2D eigenvalue weighted by Crippen LogP contribution is -2.26. The second kappa shape index (κ2) is 7.44. The molecular weight excluding hydrogens is 248 g/mol. The minimum Gasteiger partial charge on any atom is -0.326 e. The number of nitrogens with one attached hydrogen (secondary N) is 2. The number of carbonyl (C=O) groups is 1. The van der Waals surface area contributed by atoms with Crippen LogP contribution in [0.5, 0.6) is 0 Å². The van der Waals surface area contributed by atoms with E-state index in [1.54, 1.807) is 0 Å². The summed E-state index contributed by atoms with van der Waals surface area (Å²) in [6, 6.07) is 8.13. The van der Waals surface area contributed by atoms with Crippen molar-refractivity contribution in [3.05, 3.63) is 29.8 Å². The maximum Gasteiger partial charge on any atom is 0.227 e. The van der Waals surface area contributed by atoms with Gasteiger partial charge in [0.05, 0.1) is 0 Å². The van der Waals surface area contributed by atoms with E-state index < -0.39 is 0 Å². The Kier molecular flexibility index (Phi) is 5.60. The van der Waals surface area contributed by atoms with E-state index in [9.17, 15) is 4.79 Å². The Morgan fingerprint density at radius 1 is 1.15 bits per heavy atom. The molecule has 1 fully saturated rings. The van der Waals surface area contributed by atoms with Crippen LogP contribution in [0.15, 0.2) is 24.3 Å². The standard InChI is InChI=1S/C17H26N2O/c1-3-18-12-14-6-10-16(11-7-14)19-17(20)15-8-4-13(2)5-9-15/h6-7,10-11,13,15,18H,3-5,8-9,12H2,1-2H3,(H,19,20). The molecule has 1 aliphatic rings. The molecule has 0 spiro atoms. The van der Waals surface area contributed by atoms with Gasteiger partial charge >= 0.3 is 0 Å². The largest absolute Gasteiger partial charge is 0.326 e. The summed E-state index contributed by atoms with van der Waals surface area (Å²) >= 11 is 0. The first-order valence-corrected chi connectivity index (χ1v) is 7.79. The summed E-state index contributed by atoms with van der Waals surface area (Å²) in [4.78, 5) is 12.2. The Bertz CT molecular complexity index is 419. The number of anilines is 1. The molecule has 0 aliphatic heterocycles. The van der Waals surface area contributed by atoms with E-state index in [1.165, 1.54) is 18.4 Å². The van der Waals surface area contributed by atoms with Gasteiger partial charge in [-0.25, -0.2) is 0 Å². The van der Waals surface area contributed by atoms with Crippen LogP contribution in [0.2, 0.25) is 0 Å². The van der Waals surface area contributed by atoms with Crippen LogP contribution in [-0.4, -0.2) is 12.5 Å². The molecule has 2 N–H and O–H groups in total. The van der Waals surface area contributed by atoms with Crippen molar-refractivity contribution in [2.45, 2.75) is 46.1 Å². The van der Waals surface area contributed by atoms with Crippen molar-refractivity contribution in [1.29, 1.82) is 0 Å². The molecule has 3 heteroatoms. The predicted octanol–water partition coefficient (Wildman–Crippen LogP) is 3.56. The van der Waals surface area contributed by atoms with Crippen molar-refractivity contribution in [1.82, 2.24) is 5.32 Å². The summed E-state index contributed by atoms with van der Waals surface area (Å²) in [5.74, 6) is 1.17. The van der Waals surface area contributed by atoms with Gasteiger partial charge in [-0.05, 0) is 55.8 Å². The van der Waals surface area contributed by atoms with Crippen LogP contribution < -0.4 is 10.6 Å². The van der Waals surface area contributed by atoms with Crippen molar-refractivity contribution >= 4 is 11.6 Å². The molecule has 0 saturated heterocycles. The lowest BCUT2D eigenvalue weighted by molar-refractivity contribution is -0.121. The molecule has 0 unspecified atom stereocenters. The van der Waals surface area contributed by atoms with Gasteiger partial charge in [0.25, 0.3) is 0 Å². The van der Waals surface area contributed by atoms with E-state index in [4.69, 9.17) is 0 Å². The van der Waals surface area contributed by atoms with Crippen LogP contribution in [0.4, 0.5) is 5.69 Å². The van der Waals surface area contributed by atoms with Gasteiger partial charge < -0.3 is 10.6 Å². The van der Waals surface area contributed by atoms with Crippen molar-refractivity contribution in [2.75, 3.05) is 11.9 Å². The highest BCUT2D eigenvalue weighted by Crippen LogP contribution is 2.29. The first-order valence-electron chi connectivity index (χ1n) is 7.79. The highest BCUT2D eigenvalue weighted by molar-refractivity contribution is 5.92. The number of rotatable bonds is 5. The zero-order valence-corrected chi connectivity index (χ0v) is 12.6. The number of hydrogen-bond donors (Lipinski definition) is 2. The summed E-state index contributed by atoms with van der Waals surface area (Å²) in [6.07, 6.45) is 4.43. The number of hydrogen-bond acceptors (Lipinski definition) is 2. The molecule has 0 bridgehead atoms. The molecular formula is C17H26N2O. The fourth-order valence-corrected chi connectivity index (χ4v) is 2.74. The lowest BCUT2D eigenvalue weighted by atomic mass is 9.82. The van der Waals surface area contributed by atoms with E-state index in [0.717, 1.165) is 37.5 Å². The molecule has 1 amide bonds. The number of amides is 1. The smallest absolute Gasteiger partial charge is 0.227 e. The van der Waals surface area contributed by atoms with E-state index in [1.807, 2.05) is 12.1 Å². The third-order valence-corrected chi connectivity index (χ3v) is 4.19. The third-order valence-electron chi connectivity index (χ3n) is 4.19. The van der Waals surface area contributed by atoms with Crippen molar-refractivity contribution < 1.29 is 4.79 Å². The Morgan fingerprint density at radius 3 is 2.40 bits per heavy atom. The second-order valence-electron chi connectivity index (χ2n) is 5.92. The molecule has 2 rings (SSSR count). The van der Waals surface area contributed by atoms with Gasteiger partial charge in [-0.2, -0.15) is 0 Å². The average Bonchev–Trinajstić information content (AvgIpc) is 2.47. The molecule has 1 aliphatic carbocycles. The molecule has 0 aromatic heterocycles. The Labute approximate surface area is 122 Å². The zero-order chi connectivity index (χ0) is 14.4. The van der Waals surface area contributed by atoms with Gasteiger partial charge in [-0.15, -0.1) is 0 Å². The molecule has 1 saturated carbocycles. The van der Waals surface area contributed by atoms with E-state index in [2.05, 4.69) is 36.6 Å². The maximum absolute atomic E-state index is 12.2. The number of benzene rings is 1. The second-order valence-corrected chi connectivity index (χ2v) is 5.92. The Balaban J connectivity index is 1.84. The molecule has 3 nitrogen and oxygen atoms in total. The van der Waals surface area contributed by atoms with Crippen molar-refractivity contribution in [2.24, 2.45) is 11.8 Å². The first-order chi connectivity index (χ1) is 9.69. The van der Waals surface area contributed by atoms with E-state index >= 15 is 0 Å². The van der Waals surface area contributed by atoms with Crippen LogP contribution in [0.3, 0.4) is 0 Å². The summed E-state index contributed by atoms with van der Waals surface area (Å²) in [7, 11) is 0. The highest BCUT2D eigenvalue weighted by atomic mass is 16.1. The molecule has 1 aromatic carbocycles. The summed E-state index contributed by atoms with van der Waals surface area (Å²) in [6.45, 7) is 6.22. The fourth-order valence-electron chi connectivity index (χ4n) is 2.74. The molecule has 0 atom stereocenters. The van der Waals surface area contributed by atoms with Crippen molar-refractivity contribution in [3.63, 3.8) is 0 Å². The minimum atomic E-state index is 0.191. The highest BCUT2D eigenvalue weighted by Gasteiger charge is 2.24. The lowest BCUT2D eigenvalue weighted by Gasteiger charge is -2.25. The topological polar surface area (TPSA) is 41.1 Å². The van der Waals surface area contributed by atoms with Crippen LogP contribution in [0, 0.1) is 11.8 Å². The SMILES string of the molecule is CCNCc1ccc(NC(=O)C2CCC(C)CC2)cc1. The van der Waals surface area contributed by atoms with Gasteiger partial charge in [0.1, 0.15) is 0 Å². The van der Waals surface area contributed by atoms with Gasteiger partial charge in [0, 0.05) is 18.2 Å². The monoisotopic (exact) mass is 274 g/mol. The molecule has 20 heavy (non-hydrogen) atoms. The van der Waals surface area contributed by atoms with Gasteiger partial charge in [-0.1, -0.05) is 26.0 Å². The van der Waals surface area contributed by atoms with Gasteiger partial charge in [-0.3, -0.25) is 4.79 Å². The van der Waals surface area contributed by atoms with Crippen LogP contribution in [-0.2, 0) is 11.3 Å². The first kappa shape index (κ1) is 15.0. The molecule has 1 aromatic rings. The minimum absolute atomic E-state index is 0.191. The van der Waals surface area contributed by atoms with E-state index in [0.29, 0.717) is 0 Å². The number of carbonyl (C=O) groups excluding carboxylic acids is 1. The summed E-state index contributed by atoms with van der Waals surface area (Å²) in [5.41, 5.74) is 2.16. The van der Waals surface area contributed by atoms with Crippen LogP contribution in [0.25, 0.3) is 0 Å². The van der Waals surface area contributed by atoms with E-state index in [-0.39, 0.29) is 11.8 Å². The van der Waals surface area contributed by atoms with Crippen molar-refractivity contribution in [3.8, 4) is 0 Å². The average molecular weight is 274 g/mol. The Hall–Kier alpha value is -1.35. The molecule has 0 radical (unpaired) electrons. The van der Waals surface area contributed by atoms with Crippen LogP contribution >= 0.6 is 0 Å². The van der Waals surface area contributed by atoms with Gasteiger partial charge in [0.2, 0.25) is 5.91 Å². The summed E-state index contributed by atoms with van der Waals surface area (Å²) < 4.78 is 0. The zero-order valence-electron chi connectivity index (χ0n) is 12.6. The quantitative estimate of drug-likeness (QED) is 0.862. The summed E-state index contributed by atoms with van der Waals surface area (Å²) in [5, 5.41) is 6.34. The molecule has 0 heterocycles. The molecule has 110 valence electrons.